The van der Waals surface area contributed by atoms with E-state index in [1.165, 1.54) is 0 Å². The average Bonchev–Trinajstić information content (AvgIpc) is 3.01. The second kappa shape index (κ2) is 5.32. The molecule has 0 bridgehead atoms. The maximum absolute atomic E-state index is 13.4. The molecule has 1 amide bonds. The van der Waals surface area contributed by atoms with Crippen molar-refractivity contribution in [2.75, 3.05) is 26.7 Å². The molecule has 23 heavy (non-hydrogen) atoms. The minimum absolute atomic E-state index is 0.127. The Balaban J connectivity index is 1.66. The minimum Gasteiger partial charge on any atom is -0.337 e. The molecule has 0 spiro atoms. The van der Waals surface area contributed by atoms with E-state index in [-0.39, 0.29) is 11.7 Å². The Morgan fingerprint density at radius 3 is 2.78 bits per heavy atom. The predicted octanol–water partition coefficient (Wildman–Crippen LogP) is 2.10. The Morgan fingerprint density at radius 2 is 2.09 bits per heavy atom. The van der Waals surface area contributed by atoms with Crippen molar-refractivity contribution in [3.63, 3.8) is 0 Å². The fourth-order valence-corrected chi connectivity index (χ4v) is 4.78. The number of rotatable bonds is 2. The molecule has 1 aromatic carbocycles. The van der Waals surface area contributed by atoms with Crippen LogP contribution in [-0.2, 0) is 15.0 Å². The lowest BCUT2D eigenvalue weighted by Gasteiger charge is -2.43. The first-order valence-corrected chi connectivity index (χ1v) is 8.65. The Morgan fingerprint density at radius 1 is 1.30 bits per heavy atom. The number of fused-ring (bicyclic) bond motifs is 1. The average molecular weight is 333 g/mol. The first-order valence-electron chi connectivity index (χ1n) is 8.27. The van der Waals surface area contributed by atoms with E-state index < -0.39 is 5.41 Å². The molecule has 1 aromatic rings. The molecule has 3 aliphatic rings. The quantitative estimate of drug-likeness (QED) is 0.833. The number of nitrogens with zero attached hydrogens (tertiary/aromatic N) is 2. The van der Waals surface area contributed by atoms with Gasteiger partial charge in [-0.2, -0.15) is 0 Å². The second-order valence-corrected chi connectivity index (χ2v) is 7.76. The molecule has 1 saturated carbocycles. The van der Waals surface area contributed by atoms with Gasteiger partial charge in [-0.3, -0.25) is 9.59 Å². The summed E-state index contributed by atoms with van der Waals surface area (Å²) in [6.45, 7) is 2.83. The smallest absolute Gasteiger partial charge is 0.234 e. The van der Waals surface area contributed by atoms with E-state index in [0.717, 1.165) is 31.6 Å². The van der Waals surface area contributed by atoms with Crippen LogP contribution in [0.2, 0.25) is 5.02 Å². The van der Waals surface area contributed by atoms with Gasteiger partial charge < -0.3 is 9.80 Å². The van der Waals surface area contributed by atoms with Crippen LogP contribution in [0, 0.1) is 5.92 Å². The van der Waals surface area contributed by atoms with E-state index in [2.05, 4.69) is 11.9 Å². The normalized spacial score (nSPS) is 29.5. The summed E-state index contributed by atoms with van der Waals surface area (Å²) >= 11 is 6.12. The minimum atomic E-state index is -0.683. The number of benzene rings is 1. The van der Waals surface area contributed by atoms with Crippen LogP contribution in [-0.4, -0.2) is 54.2 Å². The monoisotopic (exact) mass is 332 g/mol. The zero-order valence-corrected chi connectivity index (χ0v) is 14.1. The van der Waals surface area contributed by atoms with Crippen molar-refractivity contribution in [2.45, 2.75) is 30.7 Å². The summed E-state index contributed by atoms with van der Waals surface area (Å²) in [5, 5.41) is 0.619. The Bertz CT molecular complexity index is 667. The number of carbonyl (C=O) groups excluding carboxylic acids is 2. The summed E-state index contributed by atoms with van der Waals surface area (Å²) in [5.41, 5.74) is 0.210. The molecule has 122 valence electrons. The Labute approximate surface area is 141 Å². The van der Waals surface area contributed by atoms with Crippen LogP contribution in [0.1, 0.15) is 24.8 Å². The molecule has 0 aromatic heterocycles. The predicted molar refractivity (Wildman–Crippen MR) is 88.5 cm³/mol. The van der Waals surface area contributed by atoms with E-state index >= 15 is 0 Å². The van der Waals surface area contributed by atoms with Crippen molar-refractivity contribution < 1.29 is 9.59 Å². The van der Waals surface area contributed by atoms with Gasteiger partial charge in [-0.05, 0) is 37.1 Å². The first-order chi connectivity index (χ1) is 11.0. The van der Waals surface area contributed by atoms with E-state index in [1.807, 2.05) is 29.2 Å². The summed E-state index contributed by atoms with van der Waals surface area (Å²) in [7, 11) is 2.11. The van der Waals surface area contributed by atoms with Crippen molar-refractivity contribution in [3.05, 3.63) is 34.9 Å². The molecular weight excluding hydrogens is 312 g/mol. The lowest BCUT2D eigenvalue weighted by Crippen LogP contribution is -2.56. The third-order valence-corrected chi connectivity index (χ3v) is 6.01. The third kappa shape index (κ3) is 2.31. The van der Waals surface area contributed by atoms with Gasteiger partial charge in [0.15, 0.2) is 0 Å². The lowest BCUT2D eigenvalue weighted by molar-refractivity contribution is -0.148. The zero-order chi connectivity index (χ0) is 16.2. The van der Waals surface area contributed by atoms with Gasteiger partial charge in [0.2, 0.25) is 5.91 Å². The van der Waals surface area contributed by atoms with Gasteiger partial charge in [0, 0.05) is 43.5 Å². The number of ketones is 1. The highest BCUT2D eigenvalue weighted by Crippen LogP contribution is 2.45. The van der Waals surface area contributed by atoms with Crippen LogP contribution in [0.15, 0.2) is 24.3 Å². The van der Waals surface area contributed by atoms with Crippen molar-refractivity contribution in [3.8, 4) is 0 Å². The van der Waals surface area contributed by atoms with Crippen molar-refractivity contribution in [2.24, 2.45) is 5.92 Å². The number of Topliss-reactive ketones (excluding diaryl/α,β-unsaturated/α-hetero) is 1. The molecule has 2 aliphatic heterocycles. The summed E-state index contributed by atoms with van der Waals surface area (Å²) < 4.78 is 0. The molecule has 1 aliphatic carbocycles. The highest BCUT2D eigenvalue weighted by atomic mass is 35.5. The van der Waals surface area contributed by atoms with Crippen LogP contribution in [0.5, 0.6) is 0 Å². The van der Waals surface area contributed by atoms with Gasteiger partial charge in [0.05, 0.1) is 5.41 Å². The maximum atomic E-state index is 13.4. The first kappa shape index (κ1) is 15.2. The van der Waals surface area contributed by atoms with E-state index in [4.69, 9.17) is 11.6 Å². The van der Waals surface area contributed by atoms with E-state index in [0.29, 0.717) is 29.8 Å². The Hall–Kier alpha value is -1.39. The molecule has 2 saturated heterocycles. The molecule has 4 rings (SSSR count). The van der Waals surface area contributed by atoms with Gasteiger partial charge in [-0.1, -0.05) is 23.7 Å². The molecule has 0 radical (unpaired) electrons. The summed E-state index contributed by atoms with van der Waals surface area (Å²) in [6, 6.07) is 7.76. The molecule has 0 N–H and O–H groups in total. The lowest BCUT2D eigenvalue weighted by atomic mass is 9.62. The molecule has 2 unspecified atom stereocenters. The van der Waals surface area contributed by atoms with Gasteiger partial charge in [0.25, 0.3) is 0 Å². The molecular formula is C18H21ClN2O2. The number of amides is 1. The fraction of sp³-hybridized carbons (Fsp3) is 0.556. The molecule has 3 fully saturated rings. The number of hydrogen-bond acceptors (Lipinski definition) is 3. The second-order valence-electron chi connectivity index (χ2n) is 7.32. The standard InChI is InChI=1S/C18H21ClN2O2/c1-20-10-12-5-6-21(16(12)11-20)17(23)18(8-15(22)9-18)13-3-2-4-14(19)7-13/h2-4,7,12,16H,5-6,8-11H2,1H3. The zero-order valence-electron chi connectivity index (χ0n) is 13.3. The summed E-state index contributed by atoms with van der Waals surface area (Å²) in [5.74, 6) is 0.871. The Kier molecular flexibility index (Phi) is 3.50. The highest BCUT2D eigenvalue weighted by Gasteiger charge is 2.55. The van der Waals surface area contributed by atoms with Crippen LogP contribution >= 0.6 is 11.6 Å². The third-order valence-electron chi connectivity index (χ3n) is 5.78. The molecule has 2 heterocycles. The van der Waals surface area contributed by atoms with E-state index in [1.54, 1.807) is 0 Å². The van der Waals surface area contributed by atoms with Crippen LogP contribution in [0.3, 0.4) is 0 Å². The maximum Gasteiger partial charge on any atom is 0.234 e. The van der Waals surface area contributed by atoms with E-state index in [9.17, 15) is 9.59 Å². The number of halogens is 1. The molecule has 2 atom stereocenters. The molecule has 5 heteroatoms. The van der Waals surface area contributed by atoms with Gasteiger partial charge in [-0.25, -0.2) is 0 Å². The van der Waals surface area contributed by atoms with Crippen LogP contribution in [0.4, 0.5) is 0 Å². The number of likely N-dealkylation sites (tertiary alicyclic amines) is 2. The SMILES string of the molecule is CN1CC2CCN(C(=O)C3(c4cccc(Cl)c4)CC(=O)C3)C2C1. The number of hydrogen-bond donors (Lipinski definition) is 0. The summed E-state index contributed by atoms with van der Waals surface area (Å²) in [4.78, 5) is 29.5. The van der Waals surface area contributed by atoms with Gasteiger partial charge >= 0.3 is 0 Å². The number of likely N-dealkylation sites (N-methyl/N-ethyl adjacent to an activating group) is 1. The fourth-order valence-electron chi connectivity index (χ4n) is 4.59. The highest BCUT2D eigenvalue weighted by molar-refractivity contribution is 6.30. The molecule has 4 nitrogen and oxygen atoms in total. The van der Waals surface area contributed by atoms with Gasteiger partial charge in [-0.15, -0.1) is 0 Å². The van der Waals surface area contributed by atoms with Crippen LogP contribution in [0.25, 0.3) is 0 Å². The van der Waals surface area contributed by atoms with Crippen molar-refractivity contribution in [1.82, 2.24) is 9.80 Å². The topological polar surface area (TPSA) is 40.6 Å². The van der Waals surface area contributed by atoms with Crippen molar-refractivity contribution >= 4 is 23.3 Å². The number of carbonyl (C=O) groups is 2. The summed E-state index contributed by atoms with van der Waals surface area (Å²) in [6.07, 6.45) is 1.70. The van der Waals surface area contributed by atoms with Crippen LogP contribution < -0.4 is 0 Å². The van der Waals surface area contributed by atoms with Crippen molar-refractivity contribution in [1.29, 1.82) is 0 Å². The largest absolute Gasteiger partial charge is 0.337 e. The van der Waals surface area contributed by atoms with Gasteiger partial charge in [0.1, 0.15) is 5.78 Å².